The van der Waals surface area contributed by atoms with Gasteiger partial charge in [-0.15, -0.1) is 0 Å². The topological polar surface area (TPSA) is 69.6 Å². The van der Waals surface area contributed by atoms with E-state index in [-0.39, 0.29) is 12.1 Å². The Balaban J connectivity index is 2.46. The Hall–Kier alpha value is -1.26. The van der Waals surface area contributed by atoms with Crippen LogP contribution in [0.3, 0.4) is 0 Å². The van der Waals surface area contributed by atoms with Crippen molar-refractivity contribution in [3.63, 3.8) is 0 Å². The van der Waals surface area contributed by atoms with Crippen LogP contribution in [0.1, 0.15) is 40.0 Å². The number of aliphatic carboxylic acids is 1. The Morgan fingerprint density at radius 1 is 1.28 bits per heavy atom. The molecule has 0 spiro atoms. The summed E-state index contributed by atoms with van der Waals surface area (Å²) in [5.74, 6) is -0.787. The third-order valence-corrected chi connectivity index (χ3v) is 3.79. The number of nitrogens with zero attached hydrogens (tertiary/aromatic N) is 1. The van der Waals surface area contributed by atoms with Crippen LogP contribution in [0.2, 0.25) is 0 Å². The molecule has 2 N–H and O–H groups in total. The predicted octanol–water partition coefficient (Wildman–Crippen LogP) is 1.93. The van der Waals surface area contributed by atoms with Crippen LogP contribution < -0.4 is 5.32 Å². The number of carbonyl (C=O) groups is 2. The Labute approximate surface area is 109 Å². The summed E-state index contributed by atoms with van der Waals surface area (Å²) in [5.41, 5.74) is 0. The van der Waals surface area contributed by atoms with Gasteiger partial charge in [-0.25, -0.2) is 4.79 Å². The van der Waals surface area contributed by atoms with Crippen molar-refractivity contribution < 1.29 is 14.7 Å². The fraction of sp³-hybridized carbons (Fsp3) is 0.846. The van der Waals surface area contributed by atoms with E-state index in [9.17, 15) is 9.59 Å². The first-order valence-corrected chi connectivity index (χ1v) is 6.70. The third kappa shape index (κ3) is 4.20. The lowest BCUT2D eigenvalue weighted by Gasteiger charge is -2.25. The van der Waals surface area contributed by atoms with E-state index < -0.39 is 11.9 Å². The summed E-state index contributed by atoms with van der Waals surface area (Å²) in [5, 5.41) is 11.7. The molecule has 1 heterocycles. The van der Waals surface area contributed by atoms with Gasteiger partial charge in [0.05, 0.1) is 5.92 Å². The first-order chi connectivity index (χ1) is 8.41. The zero-order valence-electron chi connectivity index (χ0n) is 11.5. The van der Waals surface area contributed by atoms with Gasteiger partial charge in [0, 0.05) is 19.1 Å². The molecular weight excluding hydrogens is 232 g/mol. The average Bonchev–Trinajstić information content (AvgIpc) is 2.52. The highest BCUT2D eigenvalue weighted by molar-refractivity contribution is 5.76. The van der Waals surface area contributed by atoms with Crippen LogP contribution in [0.15, 0.2) is 0 Å². The normalized spacial score (nSPS) is 23.9. The first kappa shape index (κ1) is 14.8. The van der Waals surface area contributed by atoms with Crippen LogP contribution in [0.4, 0.5) is 4.79 Å². The zero-order chi connectivity index (χ0) is 13.7. The van der Waals surface area contributed by atoms with Gasteiger partial charge in [-0.2, -0.15) is 0 Å². The lowest BCUT2D eigenvalue weighted by molar-refractivity contribution is -0.141. The van der Waals surface area contributed by atoms with Crippen LogP contribution >= 0.6 is 0 Å². The highest BCUT2D eigenvalue weighted by Gasteiger charge is 2.24. The van der Waals surface area contributed by atoms with Gasteiger partial charge in [0.1, 0.15) is 0 Å². The molecule has 1 saturated heterocycles. The van der Waals surface area contributed by atoms with E-state index in [1.165, 1.54) is 0 Å². The molecule has 0 aromatic carbocycles. The molecule has 2 amide bonds. The second-order valence-electron chi connectivity index (χ2n) is 5.39. The first-order valence-electron chi connectivity index (χ1n) is 6.70. The zero-order valence-corrected chi connectivity index (χ0v) is 11.5. The maximum atomic E-state index is 12.0. The number of likely N-dealkylation sites (tertiary alicyclic amines) is 1. The van der Waals surface area contributed by atoms with E-state index in [4.69, 9.17) is 5.11 Å². The number of carboxylic acid groups (broad SMARTS) is 1. The number of hydrogen-bond acceptors (Lipinski definition) is 2. The average molecular weight is 256 g/mol. The van der Waals surface area contributed by atoms with Gasteiger partial charge in [0.2, 0.25) is 0 Å². The molecule has 0 saturated carbocycles. The highest BCUT2D eigenvalue weighted by atomic mass is 16.4. The van der Waals surface area contributed by atoms with E-state index in [1.54, 1.807) is 18.7 Å². The van der Waals surface area contributed by atoms with Gasteiger partial charge < -0.3 is 15.3 Å². The Morgan fingerprint density at radius 2 is 1.94 bits per heavy atom. The molecule has 1 rings (SSSR count). The van der Waals surface area contributed by atoms with E-state index in [1.807, 2.05) is 0 Å². The minimum Gasteiger partial charge on any atom is -0.481 e. The summed E-state index contributed by atoms with van der Waals surface area (Å²) < 4.78 is 0. The molecule has 3 unspecified atom stereocenters. The van der Waals surface area contributed by atoms with E-state index in [0.717, 1.165) is 32.4 Å². The second-order valence-corrected chi connectivity index (χ2v) is 5.39. The molecule has 0 bridgehead atoms. The molecule has 0 aromatic rings. The monoisotopic (exact) mass is 256 g/mol. The Bertz CT molecular complexity index is 307. The third-order valence-electron chi connectivity index (χ3n) is 3.79. The largest absolute Gasteiger partial charge is 0.481 e. The second kappa shape index (κ2) is 6.61. The minimum atomic E-state index is -0.882. The summed E-state index contributed by atoms with van der Waals surface area (Å²) >= 11 is 0. The Morgan fingerprint density at radius 3 is 2.56 bits per heavy atom. The van der Waals surface area contributed by atoms with Crippen LogP contribution in [-0.2, 0) is 4.79 Å². The van der Waals surface area contributed by atoms with E-state index in [2.05, 4.69) is 12.2 Å². The van der Waals surface area contributed by atoms with Crippen molar-refractivity contribution in [3.8, 4) is 0 Å². The summed E-state index contributed by atoms with van der Waals surface area (Å²) in [6.45, 7) is 7.08. The molecule has 0 aromatic heterocycles. The van der Waals surface area contributed by atoms with Crippen molar-refractivity contribution in [2.45, 2.75) is 46.1 Å². The van der Waals surface area contributed by atoms with Crippen LogP contribution in [0, 0.1) is 11.8 Å². The molecule has 104 valence electrons. The van der Waals surface area contributed by atoms with Gasteiger partial charge >= 0.3 is 12.0 Å². The van der Waals surface area contributed by atoms with Crippen molar-refractivity contribution in [1.82, 2.24) is 10.2 Å². The molecule has 18 heavy (non-hydrogen) atoms. The van der Waals surface area contributed by atoms with Crippen molar-refractivity contribution in [2.75, 3.05) is 13.1 Å². The van der Waals surface area contributed by atoms with Gasteiger partial charge in [0.15, 0.2) is 0 Å². The van der Waals surface area contributed by atoms with Crippen molar-refractivity contribution in [2.24, 2.45) is 11.8 Å². The number of amides is 2. The number of carbonyl (C=O) groups excluding carboxylic acids is 1. The Kier molecular flexibility index (Phi) is 5.44. The molecule has 1 fully saturated rings. The summed E-state index contributed by atoms with van der Waals surface area (Å²) in [6, 6.07) is -0.486. The molecule has 5 heteroatoms. The molecule has 0 radical (unpaired) electrons. The summed E-state index contributed by atoms with van der Waals surface area (Å²) in [4.78, 5) is 24.6. The van der Waals surface area contributed by atoms with Gasteiger partial charge in [-0.1, -0.05) is 6.92 Å². The molecule has 5 nitrogen and oxygen atoms in total. The quantitative estimate of drug-likeness (QED) is 0.810. The SMILES string of the molecule is CC1CCCN(C(=O)NC(C)C(C)C(=O)O)CC1. The molecule has 0 aliphatic carbocycles. The molecule has 1 aliphatic rings. The highest BCUT2D eigenvalue weighted by Crippen LogP contribution is 2.16. The number of urea groups is 1. The lowest BCUT2D eigenvalue weighted by Crippen LogP contribution is -2.47. The van der Waals surface area contributed by atoms with Gasteiger partial charge in [0.25, 0.3) is 0 Å². The van der Waals surface area contributed by atoms with E-state index in [0.29, 0.717) is 5.92 Å². The van der Waals surface area contributed by atoms with Crippen molar-refractivity contribution in [3.05, 3.63) is 0 Å². The van der Waals surface area contributed by atoms with Crippen LogP contribution in [0.25, 0.3) is 0 Å². The van der Waals surface area contributed by atoms with E-state index >= 15 is 0 Å². The van der Waals surface area contributed by atoms with Crippen LogP contribution in [0.5, 0.6) is 0 Å². The van der Waals surface area contributed by atoms with Crippen molar-refractivity contribution in [1.29, 1.82) is 0 Å². The fourth-order valence-corrected chi connectivity index (χ4v) is 2.09. The molecule has 1 aliphatic heterocycles. The number of nitrogens with one attached hydrogen (secondary N) is 1. The molecular formula is C13H24N2O3. The number of carboxylic acids is 1. The maximum absolute atomic E-state index is 12.0. The lowest BCUT2D eigenvalue weighted by atomic mass is 10.0. The maximum Gasteiger partial charge on any atom is 0.317 e. The fourth-order valence-electron chi connectivity index (χ4n) is 2.09. The standard InChI is InChI=1S/C13H24N2O3/c1-9-5-4-7-15(8-6-9)13(18)14-11(3)10(2)12(16)17/h9-11H,4-8H2,1-3H3,(H,14,18)(H,16,17). The number of hydrogen-bond donors (Lipinski definition) is 2. The minimum absolute atomic E-state index is 0.135. The smallest absolute Gasteiger partial charge is 0.317 e. The van der Waals surface area contributed by atoms with Gasteiger partial charge in [-0.05, 0) is 39.0 Å². The van der Waals surface area contributed by atoms with Gasteiger partial charge in [-0.3, -0.25) is 4.79 Å². The molecule has 3 atom stereocenters. The summed E-state index contributed by atoms with van der Waals surface area (Å²) in [6.07, 6.45) is 3.21. The van der Waals surface area contributed by atoms with Crippen LogP contribution in [-0.4, -0.2) is 41.1 Å². The predicted molar refractivity (Wildman–Crippen MR) is 69.4 cm³/mol. The van der Waals surface area contributed by atoms with Crippen molar-refractivity contribution >= 4 is 12.0 Å². The summed E-state index contributed by atoms with van der Waals surface area (Å²) in [7, 11) is 0. The number of rotatable bonds is 3.